The van der Waals surface area contributed by atoms with Gasteiger partial charge in [-0.25, -0.2) is 0 Å². The lowest BCUT2D eigenvalue weighted by Crippen LogP contribution is -2.29. The van der Waals surface area contributed by atoms with Crippen LogP contribution in [0.1, 0.15) is 252 Å². The predicted octanol–water partition coefficient (Wildman–Crippen LogP) is 19.6. The van der Waals surface area contributed by atoms with Gasteiger partial charge < -0.3 is 14.2 Å². The third-order valence-electron chi connectivity index (χ3n) is 11.8. The van der Waals surface area contributed by atoms with Crippen molar-refractivity contribution in [1.29, 1.82) is 0 Å². The van der Waals surface area contributed by atoms with Gasteiger partial charge in [-0.2, -0.15) is 0 Å². The molecular formula is C63H106O5. The van der Waals surface area contributed by atoms with Gasteiger partial charge in [-0.05, 0) is 109 Å². The van der Waals surface area contributed by atoms with E-state index in [1.165, 1.54) is 141 Å². The van der Waals surface area contributed by atoms with Crippen molar-refractivity contribution >= 4 is 11.9 Å². The average molecular weight is 944 g/mol. The molecule has 0 saturated carbocycles. The van der Waals surface area contributed by atoms with Gasteiger partial charge in [0.25, 0.3) is 0 Å². The Labute approximate surface area is 421 Å². The zero-order chi connectivity index (χ0) is 49.2. The Morgan fingerprint density at radius 3 is 1.13 bits per heavy atom. The van der Waals surface area contributed by atoms with Gasteiger partial charge >= 0.3 is 11.9 Å². The lowest BCUT2D eigenvalue weighted by atomic mass is 10.1. The number of rotatable bonds is 51. The fourth-order valence-electron chi connectivity index (χ4n) is 7.59. The number of hydrogen-bond acceptors (Lipinski definition) is 5. The van der Waals surface area contributed by atoms with Crippen LogP contribution in [0, 0.1) is 0 Å². The highest BCUT2D eigenvalue weighted by atomic mass is 16.6. The molecule has 0 aliphatic carbocycles. The number of hydrogen-bond donors (Lipinski definition) is 0. The third kappa shape index (κ3) is 55.2. The van der Waals surface area contributed by atoms with E-state index in [1.807, 2.05) is 12.2 Å². The fraction of sp³-hybridized carbons (Fsp3) is 0.683. The van der Waals surface area contributed by atoms with Crippen LogP contribution in [0.15, 0.2) is 109 Å². The minimum atomic E-state index is -0.602. The minimum Gasteiger partial charge on any atom is -0.462 e. The van der Waals surface area contributed by atoms with E-state index in [1.54, 1.807) is 0 Å². The van der Waals surface area contributed by atoms with Crippen molar-refractivity contribution in [1.82, 2.24) is 0 Å². The highest BCUT2D eigenvalue weighted by Crippen LogP contribution is 2.14. The highest BCUT2D eigenvalue weighted by molar-refractivity contribution is 5.71. The second-order valence-corrected chi connectivity index (χ2v) is 18.5. The smallest absolute Gasteiger partial charge is 0.310 e. The van der Waals surface area contributed by atoms with Crippen LogP contribution in [0.4, 0.5) is 0 Å². The van der Waals surface area contributed by atoms with Crippen molar-refractivity contribution in [3.8, 4) is 0 Å². The number of carbonyl (C=O) groups is 2. The van der Waals surface area contributed by atoms with Gasteiger partial charge in [0, 0.05) is 13.0 Å². The summed E-state index contributed by atoms with van der Waals surface area (Å²) in [6.45, 7) is 7.55. The highest BCUT2D eigenvalue weighted by Gasteiger charge is 2.17. The minimum absolute atomic E-state index is 0.0359. The number of ether oxygens (including phenoxy) is 3. The largest absolute Gasteiger partial charge is 0.462 e. The molecule has 0 aliphatic heterocycles. The monoisotopic (exact) mass is 943 g/mol. The fourth-order valence-corrected chi connectivity index (χ4v) is 7.59. The quantitative estimate of drug-likeness (QED) is 0.0345. The van der Waals surface area contributed by atoms with E-state index in [4.69, 9.17) is 14.2 Å². The van der Waals surface area contributed by atoms with Crippen molar-refractivity contribution < 1.29 is 23.8 Å². The summed E-state index contributed by atoms with van der Waals surface area (Å²) in [5, 5.41) is 0. The zero-order valence-corrected chi connectivity index (χ0v) is 44.6. The Morgan fingerprint density at radius 1 is 0.353 bits per heavy atom. The van der Waals surface area contributed by atoms with Crippen molar-refractivity contribution in [2.75, 3.05) is 19.8 Å². The van der Waals surface area contributed by atoms with Crippen LogP contribution in [0.2, 0.25) is 0 Å². The maximum Gasteiger partial charge on any atom is 0.310 e. The van der Waals surface area contributed by atoms with Crippen LogP contribution < -0.4 is 0 Å². The molecule has 0 N–H and O–H groups in total. The maximum atomic E-state index is 12.8. The molecule has 0 saturated heterocycles. The second-order valence-electron chi connectivity index (χ2n) is 18.5. The molecule has 0 spiro atoms. The van der Waals surface area contributed by atoms with Crippen molar-refractivity contribution in [2.24, 2.45) is 0 Å². The van der Waals surface area contributed by atoms with E-state index in [0.717, 1.165) is 77.0 Å². The van der Waals surface area contributed by atoms with E-state index in [9.17, 15) is 9.59 Å². The Bertz CT molecular complexity index is 1340. The van der Waals surface area contributed by atoms with Crippen LogP contribution in [-0.4, -0.2) is 37.9 Å². The topological polar surface area (TPSA) is 61.8 Å². The van der Waals surface area contributed by atoms with E-state index in [2.05, 4.69) is 118 Å². The van der Waals surface area contributed by atoms with Gasteiger partial charge in [0.2, 0.25) is 0 Å². The summed E-state index contributed by atoms with van der Waals surface area (Å²) in [5.41, 5.74) is 0. The van der Waals surface area contributed by atoms with Crippen LogP contribution in [0.3, 0.4) is 0 Å². The molecule has 0 radical (unpaired) electrons. The van der Waals surface area contributed by atoms with E-state index in [-0.39, 0.29) is 31.6 Å². The lowest BCUT2D eigenvalue weighted by molar-refractivity contribution is -0.162. The molecule has 0 rings (SSSR count). The van der Waals surface area contributed by atoms with Gasteiger partial charge in [0.1, 0.15) is 6.61 Å². The molecule has 5 heteroatoms. The molecule has 0 aliphatic rings. The van der Waals surface area contributed by atoms with Crippen LogP contribution in [0.25, 0.3) is 0 Å². The molecule has 0 aromatic carbocycles. The molecule has 0 bridgehead atoms. The summed E-state index contributed by atoms with van der Waals surface area (Å²) in [6.07, 6.45) is 79.9. The number of esters is 2. The van der Waals surface area contributed by atoms with Crippen molar-refractivity contribution in [3.05, 3.63) is 109 Å². The Hall–Kier alpha value is -3.44. The molecular weight excluding hydrogens is 837 g/mol. The number of carbonyl (C=O) groups excluding carboxylic acids is 2. The SMILES string of the molecule is CC/C=C\C/C=C\C/C=C\C/C=C\C/C=C\CC(=O)OC(COCCCCCCCCCC/C=C\C/C=C\CCCCC)COC(=O)CCCCCCCCCCC/C=C\C/C=C\CCCCC. The predicted molar refractivity (Wildman–Crippen MR) is 297 cm³/mol. The maximum absolute atomic E-state index is 12.8. The van der Waals surface area contributed by atoms with Gasteiger partial charge in [0.05, 0.1) is 13.0 Å². The first kappa shape index (κ1) is 64.6. The molecule has 68 heavy (non-hydrogen) atoms. The standard InChI is InChI=1S/C63H106O5/c1-4-7-10-13-16-19-22-25-28-30-32-33-36-38-41-44-47-50-53-56-62(64)67-60-61(68-63(65)57-54-51-48-45-42-39-35-27-24-21-18-15-12-9-6-3)59-66-58-55-52-49-46-43-40-37-34-31-29-26-23-20-17-14-11-8-5-2/h9,12,16-21,25-29,35,42,45,51,54,61H,4-8,10-11,13-15,22-24,30-34,36-41,43-44,46-50,52-53,55-60H2,1-3H3/b12-9-,19-16-,20-17-,21-18-,28-25-,29-26-,35-27-,45-42-,54-51-. The Kier molecular flexibility index (Phi) is 54.9. The number of allylic oxidation sites excluding steroid dienone is 17. The molecule has 0 fully saturated rings. The van der Waals surface area contributed by atoms with Gasteiger partial charge in [-0.1, -0.05) is 239 Å². The summed E-state index contributed by atoms with van der Waals surface area (Å²) in [6, 6.07) is 0. The molecule has 0 heterocycles. The summed E-state index contributed by atoms with van der Waals surface area (Å²) in [5.74, 6) is -0.552. The van der Waals surface area contributed by atoms with E-state index < -0.39 is 6.10 Å². The van der Waals surface area contributed by atoms with Gasteiger partial charge in [-0.3, -0.25) is 9.59 Å². The Morgan fingerprint density at radius 2 is 0.706 bits per heavy atom. The molecule has 5 nitrogen and oxygen atoms in total. The molecule has 1 unspecified atom stereocenters. The molecule has 388 valence electrons. The zero-order valence-electron chi connectivity index (χ0n) is 44.6. The molecule has 0 aromatic rings. The molecule has 1 atom stereocenters. The first-order valence-electron chi connectivity index (χ1n) is 28.4. The van der Waals surface area contributed by atoms with Crippen molar-refractivity contribution in [3.63, 3.8) is 0 Å². The average Bonchev–Trinajstić information content (AvgIpc) is 3.34. The summed E-state index contributed by atoms with van der Waals surface area (Å²) in [4.78, 5) is 25.4. The second kappa shape index (κ2) is 57.9. The normalized spacial score (nSPS) is 13.0. The van der Waals surface area contributed by atoms with Crippen LogP contribution in [0.5, 0.6) is 0 Å². The summed E-state index contributed by atoms with van der Waals surface area (Å²) in [7, 11) is 0. The molecule has 0 amide bonds. The summed E-state index contributed by atoms with van der Waals surface area (Å²) < 4.78 is 17.4. The van der Waals surface area contributed by atoms with Crippen molar-refractivity contribution in [2.45, 2.75) is 258 Å². The van der Waals surface area contributed by atoms with E-state index >= 15 is 0 Å². The number of unbranched alkanes of at least 4 members (excludes halogenated alkanes) is 23. The van der Waals surface area contributed by atoms with E-state index in [0.29, 0.717) is 13.0 Å². The van der Waals surface area contributed by atoms with Gasteiger partial charge in [-0.15, -0.1) is 0 Å². The Balaban J connectivity index is 4.39. The third-order valence-corrected chi connectivity index (χ3v) is 11.8. The summed E-state index contributed by atoms with van der Waals surface area (Å²) >= 11 is 0. The molecule has 0 aromatic heterocycles. The lowest BCUT2D eigenvalue weighted by Gasteiger charge is -2.18. The van der Waals surface area contributed by atoms with Gasteiger partial charge in [0.15, 0.2) is 6.10 Å². The first-order chi connectivity index (χ1) is 33.6. The van der Waals surface area contributed by atoms with Crippen LogP contribution in [-0.2, 0) is 23.8 Å². The first-order valence-corrected chi connectivity index (χ1v) is 28.4. The van der Waals surface area contributed by atoms with Crippen LogP contribution >= 0.6 is 0 Å².